The van der Waals surface area contributed by atoms with E-state index in [1.165, 1.54) is 0 Å². The first-order chi connectivity index (χ1) is 13.1. The number of aromatic nitrogens is 3. The van der Waals surface area contributed by atoms with Gasteiger partial charge < -0.3 is 11.1 Å². The van der Waals surface area contributed by atoms with Crippen LogP contribution in [-0.2, 0) is 6.54 Å². The summed E-state index contributed by atoms with van der Waals surface area (Å²) in [5.41, 5.74) is 4.60. The number of rotatable bonds is 7. The van der Waals surface area contributed by atoms with Gasteiger partial charge in [0.05, 0.1) is 23.6 Å². The van der Waals surface area contributed by atoms with Crippen LogP contribution in [0, 0.1) is 0 Å². The van der Waals surface area contributed by atoms with Gasteiger partial charge in [-0.25, -0.2) is 8.78 Å². The Kier molecular flexibility index (Phi) is 6.23. The van der Waals surface area contributed by atoms with Crippen molar-refractivity contribution in [2.45, 2.75) is 12.7 Å². The van der Waals surface area contributed by atoms with Crippen molar-refractivity contribution >= 4 is 28.7 Å². The molecule has 2 aromatic heterocycles. The third kappa shape index (κ3) is 5.22. The van der Waals surface area contributed by atoms with Gasteiger partial charge in [0.15, 0.2) is 0 Å². The highest BCUT2D eigenvalue weighted by molar-refractivity contribution is 5.97. The molecule has 0 aliphatic rings. The number of aliphatic imine (C=N–C) groups is 1. The number of allylic oxidation sites excluding steroid dienone is 1. The molecule has 2 aromatic rings. The van der Waals surface area contributed by atoms with Crippen LogP contribution in [0.2, 0.25) is 0 Å². The Morgan fingerprint density at radius 3 is 2.71 bits per heavy atom. The third-order valence-electron chi connectivity index (χ3n) is 3.19. The number of alkyl halides is 3. The molecule has 0 bridgehead atoms. The Balaban J connectivity index is 2.69. The zero-order valence-corrected chi connectivity index (χ0v) is 14.0. The van der Waals surface area contributed by atoms with E-state index in [0.717, 1.165) is 30.9 Å². The molecule has 0 unspecified atom stereocenters. The average molecular weight is 400 g/mol. The molecule has 148 valence electrons. The molecule has 0 aliphatic carbocycles. The maximum atomic E-state index is 12.9. The van der Waals surface area contributed by atoms with Crippen molar-refractivity contribution in [3.8, 4) is 0 Å². The smallest absolute Gasteiger partial charge is 0.364 e. The van der Waals surface area contributed by atoms with Crippen LogP contribution < -0.4 is 11.1 Å². The summed E-state index contributed by atoms with van der Waals surface area (Å²) in [5.74, 6) is -1.82. The van der Waals surface area contributed by atoms with E-state index in [9.17, 15) is 26.7 Å². The molecule has 0 spiro atoms. The molecular weight excluding hydrogens is 387 g/mol. The minimum Gasteiger partial charge on any atom is -0.364 e. The van der Waals surface area contributed by atoms with Gasteiger partial charge >= 0.3 is 6.18 Å². The SMILES string of the molecule is C=C(F)C=N/C=C(\N/C=C/F)c1nn(CC(F)(F)F)c2cc(C(N)=O)ncc12. The Labute approximate surface area is 154 Å². The van der Waals surface area contributed by atoms with E-state index in [1.807, 2.05) is 0 Å². The second kappa shape index (κ2) is 8.41. The van der Waals surface area contributed by atoms with Gasteiger partial charge in [0, 0.05) is 17.8 Å². The zero-order chi connectivity index (χ0) is 20.9. The maximum absolute atomic E-state index is 12.9. The van der Waals surface area contributed by atoms with Gasteiger partial charge in [-0.05, 0) is 6.07 Å². The number of amides is 1. The van der Waals surface area contributed by atoms with Crippen LogP contribution >= 0.6 is 0 Å². The van der Waals surface area contributed by atoms with Crippen LogP contribution in [0.4, 0.5) is 22.0 Å². The van der Waals surface area contributed by atoms with Crippen LogP contribution in [0.5, 0.6) is 0 Å². The Bertz CT molecular complexity index is 989. The summed E-state index contributed by atoms with van der Waals surface area (Å²) >= 11 is 0. The lowest BCUT2D eigenvalue weighted by molar-refractivity contribution is -0.141. The van der Waals surface area contributed by atoms with Crippen molar-refractivity contribution in [1.82, 2.24) is 20.1 Å². The summed E-state index contributed by atoms with van der Waals surface area (Å²) in [7, 11) is 0. The molecule has 7 nitrogen and oxygen atoms in total. The first kappa shape index (κ1) is 20.7. The Morgan fingerprint density at radius 2 is 2.14 bits per heavy atom. The molecule has 0 fully saturated rings. The van der Waals surface area contributed by atoms with E-state index >= 15 is 0 Å². The third-order valence-corrected chi connectivity index (χ3v) is 3.19. The lowest BCUT2D eigenvalue weighted by Gasteiger charge is -2.07. The highest BCUT2D eigenvalue weighted by Crippen LogP contribution is 2.27. The first-order valence-corrected chi connectivity index (χ1v) is 7.45. The number of halogens is 5. The summed E-state index contributed by atoms with van der Waals surface area (Å²) < 4.78 is 64.4. The standard InChI is InChI=1S/C16H13F5N6O/c1-9(18)5-23-7-12(24-3-2-17)14-10-6-25-11(15(22)28)4-13(10)27(26-14)8-16(19,20)21/h2-7,24H,1,8H2,(H2,22,28)/b3-2+,12-7-,23-5?. The maximum Gasteiger partial charge on any atom is 0.408 e. The molecule has 0 saturated heterocycles. The van der Waals surface area contributed by atoms with Crippen molar-refractivity contribution in [3.63, 3.8) is 0 Å². The van der Waals surface area contributed by atoms with E-state index in [2.05, 4.69) is 27.0 Å². The number of carbonyl (C=O) groups excluding carboxylic acids is 1. The van der Waals surface area contributed by atoms with Gasteiger partial charge in [0.25, 0.3) is 5.91 Å². The number of nitrogens with zero attached hydrogens (tertiary/aromatic N) is 4. The highest BCUT2D eigenvalue weighted by Gasteiger charge is 2.30. The number of hydrogen-bond donors (Lipinski definition) is 2. The van der Waals surface area contributed by atoms with Crippen molar-refractivity contribution in [2.24, 2.45) is 10.7 Å². The molecule has 2 rings (SSSR count). The summed E-state index contributed by atoms with van der Waals surface area (Å²) in [6, 6.07) is 1.05. The largest absolute Gasteiger partial charge is 0.408 e. The molecule has 3 N–H and O–H groups in total. The second-order valence-corrected chi connectivity index (χ2v) is 5.28. The van der Waals surface area contributed by atoms with Gasteiger partial charge in [-0.1, -0.05) is 6.58 Å². The number of carbonyl (C=O) groups is 1. The van der Waals surface area contributed by atoms with Crippen LogP contribution in [0.15, 0.2) is 48.4 Å². The zero-order valence-electron chi connectivity index (χ0n) is 14.0. The summed E-state index contributed by atoms with van der Waals surface area (Å²) in [6.07, 6.45) is -0.829. The van der Waals surface area contributed by atoms with E-state index < -0.39 is 24.5 Å². The Hall–Kier alpha value is -3.57. The predicted octanol–water partition coefficient (Wildman–Crippen LogP) is 2.98. The highest BCUT2D eigenvalue weighted by atomic mass is 19.4. The number of nitrogens with one attached hydrogen (secondary N) is 1. The Morgan fingerprint density at radius 1 is 1.43 bits per heavy atom. The minimum atomic E-state index is -4.62. The fourth-order valence-electron chi connectivity index (χ4n) is 2.17. The number of pyridine rings is 1. The minimum absolute atomic E-state index is 0.0639. The number of primary amides is 1. The number of fused-ring (bicyclic) bond motifs is 1. The quantitative estimate of drug-likeness (QED) is 0.552. The van der Waals surface area contributed by atoms with Gasteiger partial charge in [-0.3, -0.25) is 19.5 Å². The van der Waals surface area contributed by atoms with E-state index in [0.29, 0.717) is 4.68 Å². The number of nitrogens with two attached hydrogens (primary N) is 1. The molecule has 0 saturated carbocycles. The van der Waals surface area contributed by atoms with Crippen LogP contribution in [0.3, 0.4) is 0 Å². The predicted molar refractivity (Wildman–Crippen MR) is 92.2 cm³/mol. The van der Waals surface area contributed by atoms with E-state index in [-0.39, 0.29) is 34.3 Å². The van der Waals surface area contributed by atoms with Crippen LogP contribution in [0.1, 0.15) is 16.2 Å². The van der Waals surface area contributed by atoms with E-state index in [4.69, 9.17) is 5.73 Å². The van der Waals surface area contributed by atoms with Crippen LogP contribution in [0.25, 0.3) is 16.6 Å². The summed E-state index contributed by atoms with van der Waals surface area (Å²) in [6.45, 7) is 1.50. The van der Waals surface area contributed by atoms with Crippen molar-refractivity contribution in [1.29, 1.82) is 0 Å². The molecule has 0 aromatic carbocycles. The average Bonchev–Trinajstić information content (AvgIpc) is 2.93. The molecule has 2 heterocycles. The van der Waals surface area contributed by atoms with Crippen LogP contribution in [-0.4, -0.2) is 33.1 Å². The summed E-state index contributed by atoms with van der Waals surface area (Å²) in [5, 5.41) is 6.37. The lowest BCUT2D eigenvalue weighted by atomic mass is 10.2. The van der Waals surface area contributed by atoms with E-state index in [1.54, 1.807) is 0 Å². The fourth-order valence-corrected chi connectivity index (χ4v) is 2.17. The topological polar surface area (TPSA) is 98.2 Å². The normalized spacial score (nSPS) is 13.0. The molecule has 28 heavy (non-hydrogen) atoms. The number of hydrogen-bond acceptors (Lipinski definition) is 5. The molecule has 0 aliphatic heterocycles. The molecule has 1 amide bonds. The molecule has 0 radical (unpaired) electrons. The molecule has 0 atom stereocenters. The lowest BCUT2D eigenvalue weighted by Crippen LogP contribution is -2.19. The second-order valence-electron chi connectivity index (χ2n) is 5.28. The van der Waals surface area contributed by atoms with Gasteiger partial charge in [0.1, 0.15) is 30.1 Å². The van der Waals surface area contributed by atoms with Gasteiger partial charge in [0.2, 0.25) is 0 Å². The fraction of sp³-hybridized carbons (Fsp3) is 0.125. The summed E-state index contributed by atoms with van der Waals surface area (Å²) in [4.78, 5) is 18.7. The molecular formula is C16H13F5N6O. The van der Waals surface area contributed by atoms with Crippen molar-refractivity contribution < 1.29 is 26.7 Å². The van der Waals surface area contributed by atoms with Gasteiger partial charge in [-0.15, -0.1) is 0 Å². The van der Waals surface area contributed by atoms with Crippen molar-refractivity contribution in [3.05, 3.63) is 54.8 Å². The monoisotopic (exact) mass is 400 g/mol. The molecule has 12 heteroatoms. The first-order valence-electron chi connectivity index (χ1n) is 7.45. The van der Waals surface area contributed by atoms with Gasteiger partial charge in [-0.2, -0.15) is 18.3 Å². The van der Waals surface area contributed by atoms with Crippen molar-refractivity contribution in [2.75, 3.05) is 0 Å².